The van der Waals surface area contributed by atoms with Crippen molar-refractivity contribution in [2.75, 3.05) is 13.7 Å². The smallest absolute Gasteiger partial charge is 0.0755 e. The highest BCUT2D eigenvalue weighted by Gasteiger charge is 2.15. The van der Waals surface area contributed by atoms with Crippen molar-refractivity contribution in [1.29, 1.82) is 0 Å². The van der Waals surface area contributed by atoms with Crippen LogP contribution in [0.25, 0.3) is 0 Å². The molecule has 0 radical (unpaired) electrons. The number of aliphatic hydroxyl groups is 1. The Hall–Kier alpha value is -0.340. The molecule has 0 aromatic carbocycles. The van der Waals surface area contributed by atoms with Crippen LogP contribution in [0.3, 0.4) is 0 Å². The SMILES string of the molecule is CO[13CH]1[13CH]=[13CH][13CH2][13CH](CO)[13CH2]1. The molecule has 2 heteroatoms. The monoisotopic (exact) mass is 148 g/mol. The van der Waals surface area contributed by atoms with Gasteiger partial charge in [0.15, 0.2) is 0 Å². The van der Waals surface area contributed by atoms with E-state index in [4.69, 9.17) is 9.84 Å². The molecule has 1 N–H and O–H groups in total. The van der Waals surface area contributed by atoms with Gasteiger partial charge in [0.2, 0.25) is 0 Å². The van der Waals surface area contributed by atoms with Crippen LogP contribution in [0.4, 0.5) is 0 Å². The first-order chi connectivity index (χ1) is 4.86. The highest BCUT2D eigenvalue weighted by atomic mass is 16.6. The van der Waals surface area contributed by atoms with Gasteiger partial charge in [0.05, 0.1) is 6.10 Å². The van der Waals surface area contributed by atoms with Crippen LogP contribution in [0.1, 0.15) is 12.8 Å². The van der Waals surface area contributed by atoms with Crippen LogP contribution in [-0.4, -0.2) is 24.9 Å². The van der Waals surface area contributed by atoms with Crippen LogP contribution in [0.15, 0.2) is 12.2 Å². The van der Waals surface area contributed by atoms with Gasteiger partial charge in [0, 0.05) is 13.7 Å². The second-order valence-electron chi connectivity index (χ2n) is 2.72. The minimum atomic E-state index is 0.228. The molecule has 0 amide bonds. The molecule has 0 saturated carbocycles. The Morgan fingerprint density at radius 1 is 1.70 bits per heavy atom. The van der Waals surface area contributed by atoms with Gasteiger partial charge < -0.3 is 9.84 Å². The molecule has 1 rings (SSSR count). The normalized spacial score (nSPS) is 32.6. The van der Waals surface area contributed by atoms with Gasteiger partial charge in [-0.15, -0.1) is 0 Å². The topological polar surface area (TPSA) is 29.5 Å². The molecule has 0 aromatic heterocycles. The predicted octanol–water partition coefficient (Wildman–Crippen LogP) is 0.960. The van der Waals surface area contributed by atoms with Crippen molar-refractivity contribution in [3.63, 3.8) is 0 Å². The fourth-order valence-electron chi connectivity index (χ4n) is 1.25. The summed E-state index contributed by atoms with van der Waals surface area (Å²) in [4.78, 5) is 0. The number of methoxy groups -OCH3 is 1. The van der Waals surface area contributed by atoms with Crippen LogP contribution < -0.4 is 0 Å². The number of aliphatic hydroxyl groups excluding tert-OH is 1. The zero-order chi connectivity index (χ0) is 7.40. The van der Waals surface area contributed by atoms with Crippen LogP contribution in [0.5, 0.6) is 0 Å². The lowest BCUT2D eigenvalue weighted by Gasteiger charge is -2.21. The molecule has 0 bridgehead atoms. The molecule has 58 valence electrons. The second kappa shape index (κ2) is 3.74. The lowest BCUT2D eigenvalue weighted by Crippen LogP contribution is -2.19. The summed E-state index contributed by atoms with van der Waals surface area (Å²) in [6.45, 7) is 0.282. The molecular weight excluding hydrogens is 134 g/mol. The summed E-state index contributed by atoms with van der Waals surface area (Å²) in [5, 5.41) is 8.81. The van der Waals surface area contributed by atoms with Gasteiger partial charge in [0.25, 0.3) is 0 Å². The van der Waals surface area contributed by atoms with E-state index in [0.717, 1.165) is 12.8 Å². The lowest BCUT2D eigenvalue weighted by atomic mass is 10.8. The highest BCUT2D eigenvalue weighted by Crippen LogP contribution is 2.19. The highest BCUT2D eigenvalue weighted by molar-refractivity contribution is 4.96. The van der Waals surface area contributed by atoms with E-state index >= 15 is 0 Å². The fourth-order valence-corrected chi connectivity index (χ4v) is 1.25. The van der Waals surface area contributed by atoms with Crippen LogP contribution >= 0.6 is 0 Å². The molecule has 0 aromatic rings. The molecule has 0 fully saturated rings. The Labute approximate surface area is 61.5 Å². The second-order valence-corrected chi connectivity index (χ2v) is 2.72. The summed E-state index contributed by atoms with van der Waals surface area (Å²) < 4.78 is 5.13. The third kappa shape index (κ3) is 1.82. The van der Waals surface area contributed by atoms with Crippen molar-refractivity contribution < 1.29 is 9.84 Å². The summed E-state index contributed by atoms with van der Waals surface area (Å²) in [6.07, 6.45) is 6.33. The van der Waals surface area contributed by atoms with Crippen molar-refractivity contribution in [3.8, 4) is 0 Å². The summed E-state index contributed by atoms with van der Waals surface area (Å²) in [6, 6.07) is 0. The summed E-state index contributed by atoms with van der Waals surface area (Å²) in [7, 11) is 1.70. The van der Waals surface area contributed by atoms with Crippen molar-refractivity contribution in [1.82, 2.24) is 0 Å². The number of hydrogen-bond acceptors (Lipinski definition) is 2. The van der Waals surface area contributed by atoms with Crippen LogP contribution in [-0.2, 0) is 4.74 Å². The van der Waals surface area contributed by atoms with Gasteiger partial charge in [-0.2, -0.15) is 0 Å². The van der Waals surface area contributed by atoms with Gasteiger partial charge in [-0.1, -0.05) is 12.2 Å². The molecule has 10 heavy (non-hydrogen) atoms. The van der Waals surface area contributed by atoms with Gasteiger partial charge >= 0.3 is 0 Å². The van der Waals surface area contributed by atoms with Gasteiger partial charge in [-0.05, 0) is 18.8 Å². The van der Waals surface area contributed by atoms with Gasteiger partial charge in [0.1, 0.15) is 0 Å². The van der Waals surface area contributed by atoms with E-state index < -0.39 is 0 Å². The minimum Gasteiger partial charge on any atom is -0.396 e. The Balaban J connectivity index is 2.38. The van der Waals surface area contributed by atoms with Crippen LogP contribution in [0, 0.1) is 5.92 Å². The van der Waals surface area contributed by atoms with E-state index in [9.17, 15) is 0 Å². The van der Waals surface area contributed by atoms with E-state index in [0.29, 0.717) is 5.92 Å². The molecule has 0 heterocycles. The number of ether oxygens (including phenoxy) is 1. The zero-order valence-corrected chi connectivity index (χ0v) is 6.29. The number of allylic oxidation sites excluding steroid dienone is 1. The van der Waals surface area contributed by atoms with Crippen molar-refractivity contribution >= 4 is 0 Å². The third-order valence-corrected chi connectivity index (χ3v) is 1.95. The standard InChI is InChI=1S/C8H14O2/c1-10-8-4-2-3-7(5-8)6-9/h2,4,7-9H,3,5-6H2,1H3/i2+1,3+1,4+1,5+1,7+1,8+1. The van der Waals surface area contributed by atoms with E-state index in [2.05, 4.69) is 12.2 Å². The summed E-state index contributed by atoms with van der Waals surface area (Å²) in [5.41, 5.74) is 0. The van der Waals surface area contributed by atoms with E-state index in [1.165, 1.54) is 0 Å². The van der Waals surface area contributed by atoms with Gasteiger partial charge in [-0.3, -0.25) is 0 Å². The maximum absolute atomic E-state index is 8.81. The maximum atomic E-state index is 8.81. The first-order valence-corrected chi connectivity index (χ1v) is 3.67. The van der Waals surface area contributed by atoms with E-state index in [1.807, 2.05) is 0 Å². The molecule has 2 nitrogen and oxygen atoms in total. The first kappa shape index (κ1) is 7.76. The molecule has 0 saturated heterocycles. The zero-order valence-electron chi connectivity index (χ0n) is 6.29. The van der Waals surface area contributed by atoms with Crippen molar-refractivity contribution in [2.24, 2.45) is 5.92 Å². The number of rotatable bonds is 2. The summed E-state index contributed by atoms with van der Waals surface area (Å²) >= 11 is 0. The van der Waals surface area contributed by atoms with Gasteiger partial charge in [-0.25, -0.2) is 0 Å². The maximum Gasteiger partial charge on any atom is 0.0755 e. The lowest BCUT2D eigenvalue weighted by molar-refractivity contribution is 0.0937. The Kier molecular flexibility index (Phi) is 2.90. The first-order valence-electron chi connectivity index (χ1n) is 3.67. The fraction of sp³-hybridized carbons (Fsp3) is 0.750. The van der Waals surface area contributed by atoms with E-state index in [-0.39, 0.29) is 12.7 Å². The predicted molar refractivity (Wildman–Crippen MR) is 39.7 cm³/mol. The molecule has 2 unspecified atom stereocenters. The molecule has 2 atom stereocenters. The average molecular weight is 148 g/mol. The molecule has 0 spiro atoms. The Morgan fingerprint density at radius 3 is 3.10 bits per heavy atom. The minimum absolute atomic E-state index is 0.228. The Morgan fingerprint density at radius 2 is 2.50 bits per heavy atom. The largest absolute Gasteiger partial charge is 0.396 e. The summed E-state index contributed by atoms with van der Waals surface area (Å²) in [5.74, 6) is 0.412. The average Bonchev–Trinajstić information content (AvgIpc) is 2.05. The van der Waals surface area contributed by atoms with Crippen molar-refractivity contribution in [2.45, 2.75) is 18.9 Å². The molecular formula is C8H14O2. The van der Waals surface area contributed by atoms with E-state index in [1.54, 1.807) is 7.11 Å². The van der Waals surface area contributed by atoms with Crippen LogP contribution in [0.2, 0.25) is 0 Å². The molecule has 1 aliphatic rings. The molecule has 1 aliphatic carbocycles. The molecule has 0 aliphatic heterocycles. The Bertz CT molecular complexity index is 120. The third-order valence-electron chi connectivity index (χ3n) is 1.95. The van der Waals surface area contributed by atoms with Crippen molar-refractivity contribution in [3.05, 3.63) is 12.2 Å². The number of hydrogen-bond donors (Lipinski definition) is 1. The quantitative estimate of drug-likeness (QED) is 0.467.